The van der Waals surface area contributed by atoms with Gasteiger partial charge in [0.15, 0.2) is 0 Å². The maximum atomic E-state index is 9.94. The maximum Gasteiger partial charge on any atom is 0.0765 e. The molecule has 0 aromatic rings. The van der Waals surface area contributed by atoms with Gasteiger partial charge in [0.05, 0.1) is 5.60 Å². The van der Waals surface area contributed by atoms with E-state index in [1.807, 2.05) is 6.92 Å². The van der Waals surface area contributed by atoms with Gasteiger partial charge in [0.1, 0.15) is 0 Å². The largest absolute Gasteiger partial charge is 0.389 e. The monoisotopic (exact) mass is 202 g/mol. The zero-order valence-corrected chi connectivity index (χ0v) is 9.18. The molecule has 1 aliphatic rings. The van der Waals surface area contributed by atoms with Gasteiger partial charge in [-0.3, -0.25) is 0 Å². The van der Waals surface area contributed by atoms with E-state index in [1.54, 1.807) is 7.11 Å². The number of aliphatic hydroxyl groups is 1. The molecule has 1 aliphatic heterocycles. The van der Waals surface area contributed by atoms with E-state index >= 15 is 0 Å². The molecule has 14 heavy (non-hydrogen) atoms. The lowest BCUT2D eigenvalue weighted by Crippen LogP contribution is -2.43. The van der Waals surface area contributed by atoms with Crippen molar-refractivity contribution in [3.63, 3.8) is 0 Å². The molecule has 0 aromatic heterocycles. The third kappa shape index (κ3) is 4.37. The maximum absolute atomic E-state index is 9.94. The summed E-state index contributed by atoms with van der Waals surface area (Å²) >= 11 is 0. The molecule has 1 rings (SSSR count). The molecule has 0 bridgehead atoms. The predicted molar refractivity (Wildman–Crippen MR) is 56.4 cm³/mol. The van der Waals surface area contributed by atoms with Gasteiger partial charge >= 0.3 is 0 Å². The van der Waals surface area contributed by atoms with Crippen LogP contribution in [0, 0.1) is 0 Å². The van der Waals surface area contributed by atoms with Crippen molar-refractivity contribution < 1.29 is 9.84 Å². The Hall–Kier alpha value is -0.160. The van der Waals surface area contributed by atoms with E-state index in [0.29, 0.717) is 25.6 Å². The Morgan fingerprint density at radius 3 is 3.00 bits per heavy atom. The summed E-state index contributed by atoms with van der Waals surface area (Å²) in [6, 6.07) is 0.518. The van der Waals surface area contributed by atoms with Crippen LogP contribution >= 0.6 is 0 Å². The molecule has 2 unspecified atom stereocenters. The van der Waals surface area contributed by atoms with Crippen molar-refractivity contribution in [2.75, 3.05) is 33.4 Å². The molecule has 1 heterocycles. The molecule has 1 fully saturated rings. The third-order valence-corrected chi connectivity index (χ3v) is 2.68. The quantitative estimate of drug-likeness (QED) is 0.555. The summed E-state index contributed by atoms with van der Waals surface area (Å²) in [7, 11) is 1.66. The Kier molecular flexibility index (Phi) is 4.81. The molecule has 0 aromatic carbocycles. The van der Waals surface area contributed by atoms with Gasteiger partial charge in [-0.1, -0.05) is 0 Å². The highest BCUT2D eigenvalue weighted by molar-refractivity contribution is 4.82. The minimum Gasteiger partial charge on any atom is -0.389 e. The van der Waals surface area contributed by atoms with Crippen molar-refractivity contribution in [2.45, 2.75) is 31.4 Å². The number of hydrogen-bond acceptors (Lipinski definition) is 4. The molecule has 3 N–H and O–H groups in total. The second-order valence-electron chi connectivity index (χ2n) is 4.31. The van der Waals surface area contributed by atoms with Gasteiger partial charge in [-0.25, -0.2) is 0 Å². The highest BCUT2D eigenvalue weighted by Gasteiger charge is 2.22. The summed E-state index contributed by atoms with van der Waals surface area (Å²) in [6.45, 7) is 5.19. The van der Waals surface area contributed by atoms with Gasteiger partial charge in [-0.2, -0.15) is 0 Å². The van der Waals surface area contributed by atoms with Crippen LogP contribution in [-0.4, -0.2) is 50.1 Å². The fraction of sp³-hybridized carbons (Fsp3) is 1.00. The smallest absolute Gasteiger partial charge is 0.0765 e. The Bertz CT molecular complexity index is 156. The van der Waals surface area contributed by atoms with Crippen molar-refractivity contribution in [3.05, 3.63) is 0 Å². The molecule has 4 nitrogen and oxygen atoms in total. The van der Waals surface area contributed by atoms with Gasteiger partial charge in [-0.15, -0.1) is 0 Å². The summed E-state index contributed by atoms with van der Waals surface area (Å²) in [4.78, 5) is 0. The van der Waals surface area contributed by atoms with Crippen LogP contribution in [0.25, 0.3) is 0 Å². The Morgan fingerprint density at radius 2 is 2.43 bits per heavy atom. The number of rotatable bonds is 6. The first-order valence-corrected chi connectivity index (χ1v) is 5.29. The molecule has 0 saturated carbocycles. The lowest BCUT2D eigenvalue weighted by Gasteiger charge is -2.25. The van der Waals surface area contributed by atoms with Crippen LogP contribution in [-0.2, 0) is 4.74 Å². The molecule has 0 spiro atoms. The minimum atomic E-state index is -0.654. The molecule has 4 heteroatoms. The number of ether oxygens (including phenoxy) is 1. The molecule has 0 amide bonds. The van der Waals surface area contributed by atoms with E-state index in [-0.39, 0.29) is 0 Å². The first kappa shape index (κ1) is 11.9. The van der Waals surface area contributed by atoms with Crippen LogP contribution in [0.15, 0.2) is 0 Å². The lowest BCUT2D eigenvalue weighted by molar-refractivity contribution is 0.0232. The summed E-state index contributed by atoms with van der Waals surface area (Å²) in [5.74, 6) is 0. The zero-order valence-electron chi connectivity index (χ0n) is 9.18. The van der Waals surface area contributed by atoms with Gasteiger partial charge in [0.25, 0.3) is 0 Å². The van der Waals surface area contributed by atoms with Crippen molar-refractivity contribution in [1.29, 1.82) is 0 Å². The zero-order chi connectivity index (χ0) is 10.4. The van der Waals surface area contributed by atoms with Crippen LogP contribution in [0.2, 0.25) is 0 Å². The van der Waals surface area contributed by atoms with E-state index < -0.39 is 5.60 Å². The van der Waals surface area contributed by atoms with Crippen molar-refractivity contribution in [2.24, 2.45) is 0 Å². The second kappa shape index (κ2) is 5.66. The van der Waals surface area contributed by atoms with Crippen molar-refractivity contribution in [1.82, 2.24) is 10.6 Å². The first-order valence-electron chi connectivity index (χ1n) is 5.29. The molecule has 0 radical (unpaired) electrons. The first-order chi connectivity index (χ1) is 6.64. The Labute approximate surface area is 86.0 Å². The van der Waals surface area contributed by atoms with E-state index in [4.69, 9.17) is 4.74 Å². The summed E-state index contributed by atoms with van der Waals surface area (Å²) in [5.41, 5.74) is -0.654. The van der Waals surface area contributed by atoms with Gasteiger partial charge in [0.2, 0.25) is 0 Å². The van der Waals surface area contributed by atoms with Crippen molar-refractivity contribution in [3.8, 4) is 0 Å². The second-order valence-corrected chi connectivity index (χ2v) is 4.31. The van der Waals surface area contributed by atoms with E-state index in [2.05, 4.69) is 10.6 Å². The van der Waals surface area contributed by atoms with E-state index in [9.17, 15) is 5.11 Å². The van der Waals surface area contributed by atoms with Crippen LogP contribution in [0.3, 0.4) is 0 Å². The molecule has 2 atom stereocenters. The topological polar surface area (TPSA) is 53.5 Å². The van der Waals surface area contributed by atoms with Crippen molar-refractivity contribution >= 4 is 0 Å². The fourth-order valence-corrected chi connectivity index (χ4v) is 1.60. The molecule has 1 saturated heterocycles. The van der Waals surface area contributed by atoms with Crippen LogP contribution < -0.4 is 10.6 Å². The van der Waals surface area contributed by atoms with Crippen LogP contribution in [0.4, 0.5) is 0 Å². The van der Waals surface area contributed by atoms with Gasteiger partial charge < -0.3 is 20.5 Å². The minimum absolute atomic E-state index is 0.518. The SMILES string of the molecule is COCCC(C)(O)CNC1CCNC1. The normalized spacial score (nSPS) is 26.4. The highest BCUT2D eigenvalue weighted by Crippen LogP contribution is 2.08. The molecular formula is C10H22N2O2. The number of methoxy groups -OCH3 is 1. The predicted octanol–water partition coefficient (Wildman–Crippen LogP) is -0.275. The Balaban J connectivity index is 2.14. The standard InChI is InChI=1S/C10H22N2O2/c1-10(13,4-6-14-2)8-12-9-3-5-11-7-9/h9,11-13H,3-8H2,1-2H3. The third-order valence-electron chi connectivity index (χ3n) is 2.68. The fourth-order valence-electron chi connectivity index (χ4n) is 1.60. The lowest BCUT2D eigenvalue weighted by atomic mass is 10.0. The van der Waals surface area contributed by atoms with E-state index in [0.717, 1.165) is 19.5 Å². The van der Waals surface area contributed by atoms with E-state index in [1.165, 1.54) is 0 Å². The average Bonchev–Trinajstić information content (AvgIpc) is 2.64. The number of nitrogens with one attached hydrogen (secondary N) is 2. The molecule has 0 aliphatic carbocycles. The Morgan fingerprint density at radius 1 is 1.64 bits per heavy atom. The summed E-state index contributed by atoms with van der Waals surface area (Å²) in [5, 5.41) is 16.6. The number of hydrogen-bond donors (Lipinski definition) is 3. The summed E-state index contributed by atoms with van der Waals surface area (Å²) in [6.07, 6.45) is 1.83. The molecular weight excluding hydrogens is 180 g/mol. The van der Waals surface area contributed by atoms with Gasteiger partial charge in [-0.05, 0) is 19.9 Å². The summed E-state index contributed by atoms with van der Waals surface area (Å²) < 4.78 is 4.95. The average molecular weight is 202 g/mol. The molecule has 84 valence electrons. The highest BCUT2D eigenvalue weighted by atomic mass is 16.5. The van der Waals surface area contributed by atoms with Crippen LogP contribution in [0.5, 0.6) is 0 Å². The van der Waals surface area contributed by atoms with Crippen LogP contribution in [0.1, 0.15) is 19.8 Å². The van der Waals surface area contributed by atoms with Gasteiger partial charge in [0, 0.05) is 39.3 Å².